The molecule has 0 atom stereocenters. The normalized spacial score (nSPS) is 11.5. The van der Waals surface area contributed by atoms with E-state index in [4.69, 9.17) is 5.11 Å². The number of carboxylic acid groups (broad SMARTS) is 1. The number of rotatable bonds is 6. The maximum absolute atomic E-state index is 11.9. The molecule has 1 heterocycles. The summed E-state index contributed by atoms with van der Waals surface area (Å²) in [5.41, 5.74) is 0.209. The van der Waals surface area contributed by atoms with Gasteiger partial charge < -0.3 is 10.4 Å². The first-order valence-electron chi connectivity index (χ1n) is 6.73. The molecule has 0 unspecified atom stereocenters. The first kappa shape index (κ1) is 15.4. The molecule has 0 saturated carbocycles. The van der Waals surface area contributed by atoms with E-state index in [1.807, 2.05) is 24.3 Å². The summed E-state index contributed by atoms with van der Waals surface area (Å²) in [5, 5.41) is 12.5. The van der Waals surface area contributed by atoms with Gasteiger partial charge in [-0.1, -0.05) is 12.1 Å². The van der Waals surface area contributed by atoms with Gasteiger partial charge in [0.15, 0.2) is 0 Å². The molecule has 112 valence electrons. The van der Waals surface area contributed by atoms with Crippen LogP contribution in [0.2, 0.25) is 0 Å². The van der Waals surface area contributed by atoms with Gasteiger partial charge in [-0.15, -0.1) is 11.3 Å². The van der Waals surface area contributed by atoms with Crippen molar-refractivity contribution in [2.75, 3.05) is 0 Å². The van der Waals surface area contributed by atoms with Crippen LogP contribution in [0.3, 0.4) is 0 Å². The Morgan fingerprint density at radius 2 is 2.05 bits per heavy atom. The molecule has 0 saturated heterocycles. The first-order chi connectivity index (χ1) is 9.85. The Bertz CT molecular complexity index is 631. The zero-order valence-electron chi connectivity index (χ0n) is 12.0. The quantitative estimate of drug-likeness (QED) is 0.859. The van der Waals surface area contributed by atoms with Crippen molar-refractivity contribution in [1.29, 1.82) is 0 Å². The topological polar surface area (TPSA) is 79.3 Å². The molecule has 6 heteroatoms. The lowest BCUT2D eigenvalue weighted by Gasteiger charge is -2.24. The van der Waals surface area contributed by atoms with E-state index in [9.17, 15) is 9.59 Å². The fourth-order valence-corrected chi connectivity index (χ4v) is 3.08. The Morgan fingerprint density at radius 1 is 1.33 bits per heavy atom. The van der Waals surface area contributed by atoms with Crippen LogP contribution in [-0.4, -0.2) is 27.5 Å². The van der Waals surface area contributed by atoms with E-state index in [0.717, 1.165) is 15.2 Å². The Hall–Kier alpha value is -1.95. The molecule has 2 N–H and O–H groups in total. The van der Waals surface area contributed by atoms with Crippen molar-refractivity contribution in [3.63, 3.8) is 0 Å². The molecule has 2 aromatic rings. The van der Waals surface area contributed by atoms with Crippen molar-refractivity contribution in [1.82, 2.24) is 10.3 Å². The smallest absolute Gasteiger partial charge is 0.305 e. The number of benzene rings is 1. The van der Waals surface area contributed by atoms with Gasteiger partial charge in [-0.2, -0.15) is 0 Å². The summed E-state index contributed by atoms with van der Waals surface area (Å²) in [6, 6.07) is 7.86. The monoisotopic (exact) mass is 306 g/mol. The summed E-state index contributed by atoms with van der Waals surface area (Å²) in [5.74, 6) is -1.08. The molecule has 0 spiro atoms. The van der Waals surface area contributed by atoms with E-state index >= 15 is 0 Å². The second-order valence-corrected chi connectivity index (χ2v) is 6.69. The highest BCUT2D eigenvalue weighted by atomic mass is 32.1. The van der Waals surface area contributed by atoms with Gasteiger partial charge in [0.25, 0.3) is 0 Å². The summed E-state index contributed by atoms with van der Waals surface area (Å²) >= 11 is 1.58. The van der Waals surface area contributed by atoms with Gasteiger partial charge in [0.1, 0.15) is 0 Å². The van der Waals surface area contributed by atoms with Crippen molar-refractivity contribution < 1.29 is 14.7 Å². The molecule has 5 nitrogen and oxygen atoms in total. The summed E-state index contributed by atoms with van der Waals surface area (Å²) in [7, 11) is 0. The van der Waals surface area contributed by atoms with E-state index in [2.05, 4.69) is 10.3 Å². The molecular formula is C15H18N2O3S. The number of aromatic nitrogens is 1. The number of fused-ring (bicyclic) bond motifs is 1. The van der Waals surface area contributed by atoms with Gasteiger partial charge in [0, 0.05) is 18.4 Å². The molecule has 1 aromatic heterocycles. The van der Waals surface area contributed by atoms with Crippen LogP contribution in [0.15, 0.2) is 24.3 Å². The second kappa shape index (κ2) is 6.22. The lowest BCUT2D eigenvalue weighted by Crippen LogP contribution is -2.45. The number of nitrogens with one attached hydrogen (secondary N) is 1. The third-order valence-electron chi connectivity index (χ3n) is 2.98. The van der Waals surface area contributed by atoms with Crippen molar-refractivity contribution in [2.45, 2.75) is 38.6 Å². The summed E-state index contributed by atoms with van der Waals surface area (Å²) in [6.45, 7) is 3.41. The van der Waals surface area contributed by atoms with Crippen LogP contribution in [0.5, 0.6) is 0 Å². The largest absolute Gasteiger partial charge is 0.481 e. The van der Waals surface area contributed by atoms with Crippen molar-refractivity contribution in [3.05, 3.63) is 29.3 Å². The molecule has 2 rings (SSSR count). The Morgan fingerprint density at radius 3 is 2.71 bits per heavy atom. The summed E-state index contributed by atoms with van der Waals surface area (Å²) in [4.78, 5) is 27.1. The Balaban J connectivity index is 1.90. The maximum atomic E-state index is 11.9. The van der Waals surface area contributed by atoms with Gasteiger partial charge in [-0.25, -0.2) is 4.98 Å². The number of carboxylic acids is 1. The number of thiazole rings is 1. The molecule has 0 aliphatic heterocycles. The highest BCUT2D eigenvalue weighted by Crippen LogP contribution is 2.22. The number of carbonyl (C=O) groups excluding carboxylic acids is 1. The average Bonchev–Trinajstić information content (AvgIpc) is 2.76. The molecule has 21 heavy (non-hydrogen) atoms. The minimum atomic E-state index is -0.925. The zero-order chi connectivity index (χ0) is 15.5. The Labute approximate surface area is 127 Å². The fourth-order valence-electron chi connectivity index (χ4n) is 2.11. The average molecular weight is 306 g/mol. The van der Waals surface area contributed by atoms with Gasteiger partial charge in [-0.3, -0.25) is 9.59 Å². The van der Waals surface area contributed by atoms with Crippen LogP contribution in [0.1, 0.15) is 31.7 Å². The number of hydrogen-bond acceptors (Lipinski definition) is 4. The number of para-hydroxylation sites is 1. The lowest BCUT2D eigenvalue weighted by atomic mass is 10.0. The highest BCUT2D eigenvalue weighted by Gasteiger charge is 2.23. The number of aliphatic carboxylic acids is 1. The van der Waals surface area contributed by atoms with E-state index < -0.39 is 11.5 Å². The summed E-state index contributed by atoms with van der Waals surface area (Å²) in [6.07, 6.45) is 0.775. The zero-order valence-corrected chi connectivity index (χ0v) is 12.9. The number of nitrogens with zero attached hydrogens (tertiary/aromatic N) is 1. The summed E-state index contributed by atoms with van der Waals surface area (Å²) < 4.78 is 1.11. The van der Waals surface area contributed by atoms with Crippen molar-refractivity contribution >= 4 is 33.4 Å². The number of hydrogen-bond donors (Lipinski definition) is 2. The molecule has 1 aromatic carbocycles. The molecule has 0 bridgehead atoms. The number of aryl methyl sites for hydroxylation is 1. The molecule has 0 aliphatic carbocycles. The van der Waals surface area contributed by atoms with Crippen LogP contribution in [0.4, 0.5) is 0 Å². The van der Waals surface area contributed by atoms with Gasteiger partial charge >= 0.3 is 5.97 Å². The minimum Gasteiger partial charge on any atom is -0.481 e. The molecule has 0 radical (unpaired) electrons. The van der Waals surface area contributed by atoms with E-state index in [1.54, 1.807) is 25.2 Å². The Kier molecular flexibility index (Phi) is 4.57. The van der Waals surface area contributed by atoms with Crippen molar-refractivity contribution in [2.24, 2.45) is 0 Å². The van der Waals surface area contributed by atoms with Crippen LogP contribution in [0, 0.1) is 0 Å². The van der Waals surface area contributed by atoms with Crippen molar-refractivity contribution in [3.8, 4) is 0 Å². The molecular weight excluding hydrogens is 288 g/mol. The highest BCUT2D eigenvalue weighted by molar-refractivity contribution is 7.18. The van der Waals surface area contributed by atoms with E-state index in [0.29, 0.717) is 12.8 Å². The molecule has 0 aliphatic rings. The standard InChI is InChI=1S/C15H18N2O3S/c1-15(2,9-14(19)20)17-12(18)7-8-13-16-10-5-3-4-6-11(10)21-13/h3-6H,7-9H2,1-2H3,(H,17,18)(H,19,20). The van der Waals surface area contributed by atoms with Gasteiger partial charge in [0.05, 0.1) is 21.6 Å². The third kappa shape index (κ3) is 4.53. The third-order valence-corrected chi connectivity index (χ3v) is 4.07. The number of amides is 1. The van der Waals surface area contributed by atoms with Crippen LogP contribution >= 0.6 is 11.3 Å². The predicted molar refractivity (Wildman–Crippen MR) is 82.4 cm³/mol. The van der Waals surface area contributed by atoms with Gasteiger partial charge in [0.2, 0.25) is 5.91 Å². The van der Waals surface area contributed by atoms with Gasteiger partial charge in [-0.05, 0) is 26.0 Å². The molecule has 0 fully saturated rings. The van der Waals surface area contributed by atoms with Crippen LogP contribution in [-0.2, 0) is 16.0 Å². The first-order valence-corrected chi connectivity index (χ1v) is 7.55. The van der Waals surface area contributed by atoms with E-state index in [1.165, 1.54) is 0 Å². The van der Waals surface area contributed by atoms with Crippen LogP contribution < -0.4 is 5.32 Å². The lowest BCUT2D eigenvalue weighted by molar-refractivity contribution is -0.138. The fraction of sp³-hybridized carbons (Fsp3) is 0.400. The predicted octanol–water partition coefficient (Wildman–Crippen LogP) is 2.60. The number of carbonyl (C=O) groups is 2. The second-order valence-electron chi connectivity index (χ2n) is 5.58. The molecule has 1 amide bonds. The van der Waals surface area contributed by atoms with E-state index in [-0.39, 0.29) is 12.3 Å². The SMILES string of the molecule is CC(C)(CC(=O)O)NC(=O)CCc1nc2ccccc2s1. The minimum absolute atomic E-state index is 0.0973. The maximum Gasteiger partial charge on any atom is 0.305 e. The van der Waals surface area contributed by atoms with Crippen LogP contribution in [0.25, 0.3) is 10.2 Å².